The van der Waals surface area contributed by atoms with Gasteiger partial charge >= 0.3 is 6.09 Å². The van der Waals surface area contributed by atoms with Crippen LogP contribution in [0.4, 0.5) is 9.18 Å². The van der Waals surface area contributed by atoms with Crippen molar-refractivity contribution in [1.29, 1.82) is 0 Å². The van der Waals surface area contributed by atoms with Crippen LogP contribution in [0.2, 0.25) is 0 Å². The van der Waals surface area contributed by atoms with E-state index in [0.29, 0.717) is 36.7 Å². The Morgan fingerprint density at radius 2 is 1.94 bits per heavy atom. The van der Waals surface area contributed by atoms with Gasteiger partial charge in [0.05, 0.1) is 21.4 Å². The Morgan fingerprint density at radius 1 is 1.28 bits per heavy atom. The normalized spacial score (nSPS) is 20.0. The number of ether oxygens (including phenoxy) is 2. The number of piperidine rings is 1. The Morgan fingerprint density at radius 3 is 2.50 bits per heavy atom. The van der Waals surface area contributed by atoms with Crippen LogP contribution in [-0.4, -0.2) is 60.2 Å². The van der Waals surface area contributed by atoms with Gasteiger partial charge in [-0.05, 0) is 51.8 Å². The third-order valence-electron chi connectivity index (χ3n) is 4.91. The Balaban J connectivity index is 1.57. The molecule has 0 aliphatic carbocycles. The quantitative estimate of drug-likeness (QED) is 0.633. The summed E-state index contributed by atoms with van der Waals surface area (Å²) >= 11 is 0. The van der Waals surface area contributed by atoms with Crippen LogP contribution in [0.15, 0.2) is 39.2 Å². The molecule has 11 heteroatoms. The molecule has 2 aliphatic heterocycles. The fraction of sp³-hybridized carbons (Fsp3) is 0.524. The van der Waals surface area contributed by atoms with Crippen LogP contribution in [0.1, 0.15) is 33.6 Å². The van der Waals surface area contributed by atoms with Gasteiger partial charge in [-0.25, -0.2) is 26.8 Å². The summed E-state index contributed by atoms with van der Waals surface area (Å²) in [6.07, 6.45) is 1.87. The van der Waals surface area contributed by atoms with Crippen LogP contribution >= 0.6 is 0 Å². The van der Waals surface area contributed by atoms with E-state index in [1.165, 1.54) is 17.5 Å². The standard InChI is InChI=1S/C21H27FN2O6S2/c1-21(2,3)30-20(25)24-9-7-14(8-10-24)19-23-15(13-31(19)26)12-29-18-6-5-16(11-17(18)22)32(4,27)28/h5-6,11,13-14H,7-10,12H2,1-4H3. The summed E-state index contributed by atoms with van der Waals surface area (Å²) in [5.41, 5.74) is -0.145. The molecule has 3 rings (SSSR count). The molecule has 0 aromatic heterocycles. The van der Waals surface area contributed by atoms with Crippen molar-refractivity contribution in [3.8, 4) is 5.75 Å². The number of hydrogen-bond donors (Lipinski definition) is 0. The topological polar surface area (TPSA) is 102 Å². The molecule has 32 heavy (non-hydrogen) atoms. The lowest BCUT2D eigenvalue weighted by atomic mass is 9.98. The monoisotopic (exact) mass is 486 g/mol. The second-order valence-electron chi connectivity index (χ2n) is 8.75. The molecular weight excluding hydrogens is 459 g/mol. The van der Waals surface area contributed by atoms with Crippen molar-refractivity contribution < 1.29 is 31.3 Å². The summed E-state index contributed by atoms with van der Waals surface area (Å²) < 4.78 is 60.5. The molecule has 0 spiro atoms. The number of amides is 1. The van der Waals surface area contributed by atoms with Crippen LogP contribution in [-0.2, 0) is 25.4 Å². The van der Waals surface area contributed by atoms with Gasteiger partial charge in [0.1, 0.15) is 17.3 Å². The van der Waals surface area contributed by atoms with Crippen molar-refractivity contribution in [3.05, 3.63) is 35.1 Å². The lowest BCUT2D eigenvalue weighted by Crippen LogP contribution is -2.43. The number of halogens is 1. The third-order valence-corrected chi connectivity index (χ3v) is 7.34. The van der Waals surface area contributed by atoms with Crippen molar-refractivity contribution in [1.82, 2.24) is 4.90 Å². The Bertz CT molecular complexity index is 1080. The highest BCUT2D eigenvalue weighted by Gasteiger charge is 2.32. The zero-order valence-electron chi connectivity index (χ0n) is 18.5. The number of rotatable bonds is 5. The Kier molecular flexibility index (Phi) is 7.09. The van der Waals surface area contributed by atoms with Crippen LogP contribution in [0.25, 0.3) is 0 Å². The maximum absolute atomic E-state index is 14.2. The fourth-order valence-electron chi connectivity index (χ4n) is 3.34. The molecule has 0 N–H and O–H groups in total. The molecule has 1 unspecified atom stereocenters. The van der Waals surface area contributed by atoms with Crippen molar-refractivity contribution in [2.75, 3.05) is 26.0 Å². The van der Waals surface area contributed by atoms with Gasteiger partial charge in [-0.1, -0.05) is 0 Å². The molecule has 1 amide bonds. The lowest BCUT2D eigenvalue weighted by Gasteiger charge is -2.33. The van der Waals surface area contributed by atoms with Gasteiger partial charge in [0.25, 0.3) is 0 Å². The second kappa shape index (κ2) is 9.30. The van der Waals surface area contributed by atoms with E-state index in [4.69, 9.17) is 9.47 Å². The Labute approximate surface area is 189 Å². The molecule has 0 saturated carbocycles. The average molecular weight is 487 g/mol. The molecule has 2 aliphatic rings. The highest BCUT2D eigenvalue weighted by atomic mass is 32.2. The van der Waals surface area contributed by atoms with Crippen molar-refractivity contribution >= 4 is 31.8 Å². The largest absolute Gasteiger partial charge is 0.484 e. The number of hydrogen-bond acceptors (Lipinski definition) is 7. The first-order valence-electron chi connectivity index (χ1n) is 10.1. The summed E-state index contributed by atoms with van der Waals surface area (Å²) in [6.45, 7) is 6.32. The van der Waals surface area contributed by atoms with Crippen LogP contribution in [0.3, 0.4) is 0 Å². The number of likely N-dealkylation sites (tertiary alicyclic amines) is 1. The predicted octanol–water partition coefficient (Wildman–Crippen LogP) is 3.26. The smallest absolute Gasteiger partial charge is 0.410 e. The summed E-state index contributed by atoms with van der Waals surface area (Å²) in [4.78, 5) is 18.1. The van der Waals surface area contributed by atoms with E-state index in [1.807, 2.05) is 20.8 Å². The van der Waals surface area contributed by atoms with Crippen LogP contribution in [0.5, 0.6) is 5.75 Å². The summed E-state index contributed by atoms with van der Waals surface area (Å²) in [6, 6.07) is 3.41. The van der Waals surface area contributed by atoms with Gasteiger partial charge in [0, 0.05) is 30.7 Å². The highest BCUT2D eigenvalue weighted by molar-refractivity contribution is 8.03. The van der Waals surface area contributed by atoms with Gasteiger partial charge in [0.2, 0.25) is 0 Å². The first-order chi connectivity index (χ1) is 14.8. The van der Waals surface area contributed by atoms with Gasteiger partial charge in [-0.15, -0.1) is 0 Å². The van der Waals surface area contributed by atoms with Crippen molar-refractivity contribution in [2.45, 2.75) is 44.1 Å². The zero-order valence-corrected chi connectivity index (χ0v) is 20.1. The van der Waals surface area contributed by atoms with E-state index >= 15 is 0 Å². The second-order valence-corrected chi connectivity index (χ2v) is 12.0. The number of benzene rings is 1. The van der Waals surface area contributed by atoms with Gasteiger partial charge in [0.15, 0.2) is 21.4 Å². The number of carbonyl (C=O) groups is 1. The zero-order chi connectivity index (χ0) is 23.7. The third kappa shape index (κ3) is 6.16. The summed E-state index contributed by atoms with van der Waals surface area (Å²) in [5, 5.41) is 2.00. The summed E-state index contributed by atoms with van der Waals surface area (Å²) in [5.74, 6) is -0.946. The van der Waals surface area contributed by atoms with Crippen molar-refractivity contribution in [2.24, 2.45) is 10.9 Å². The first-order valence-corrected chi connectivity index (χ1v) is 13.2. The Hall–Kier alpha value is -2.27. The van der Waals surface area contributed by atoms with E-state index < -0.39 is 32.1 Å². The number of sulfone groups is 1. The van der Waals surface area contributed by atoms with Crippen LogP contribution in [0, 0.1) is 11.7 Å². The minimum absolute atomic E-state index is 0.0333. The lowest BCUT2D eigenvalue weighted by molar-refractivity contribution is 0.0202. The SMILES string of the molecule is CC(C)(C)OC(=O)N1CCC(C2=NC(COc3ccc(S(C)(=O)=O)cc3F)=CS2=O)CC1. The molecule has 1 aromatic rings. The maximum atomic E-state index is 14.2. The molecule has 8 nitrogen and oxygen atoms in total. The van der Waals surface area contributed by atoms with Crippen molar-refractivity contribution in [3.63, 3.8) is 0 Å². The minimum Gasteiger partial charge on any atom is -0.484 e. The first kappa shape index (κ1) is 24.4. The molecule has 1 saturated heterocycles. The van der Waals surface area contributed by atoms with Crippen LogP contribution < -0.4 is 4.74 Å². The number of aliphatic imine (C=N–C) groups is 1. The van der Waals surface area contributed by atoms with E-state index in [2.05, 4.69) is 4.99 Å². The van der Waals surface area contributed by atoms with E-state index in [1.54, 1.807) is 4.90 Å². The fourth-order valence-corrected chi connectivity index (χ4v) is 5.23. The average Bonchev–Trinajstić information content (AvgIpc) is 3.05. The highest BCUT2D eigenvalue weighted by Crippen LogP contribution is 2.27. The summed E-state index contributed by atoms with van der Waals surface area (Å²) in [7, 11) is -4.92. The molecule has 0 radical (unpaired) electrons. The van der Waals surface area contributed by atoms with E-state index in [-0.39, 0.29) is 29.3 Å². The maximum Gasteiger partial charge on any atom is 0.410 e. The number of carbonyl (C=O) groups excluding carboxylic acids is 1. The molecule has 0 bridgehead atoms. The molecule has 176 valence electrons. The van der Waals surface area contributed by atoms with Gasteiger partial charge in [-0.3, -0.25) is 0 Å². The molecule has 2 heterocycles. The molecule has 1 fully saturated rings. The number of nitrogens with zero attached hydrogens (tertiary/aromatic N) is 2. The molecular formula is C21H27FN2O6S2. The molecule has 1 atom stereocenters. The van der Waals surface area contributed by atoms with E-state index in [9.17, 15) is 21.8 Å². The predicted molar refractivity (Wildman–Crippen MR) is 119 cm³/mol. The van der Waals surface area contributed by atoms with Gasteiger partial charge < -0.3 is 14.4 Å². The van der Waals surface area contributed by atoms with E-state index in [0.717, 1.165) is 12.3 Å². The minimum atomic E-state index is -3.52. The van der Waals surface area contributed by atoms with Gasteiger partial charge in [-0.2, -0.15) is 0 Å². The molecule has 1 aromatic carbocycles.